The van der Waals surface area contributed by atoms with Crippen molar-refractivity contribution in [3.05, 3.63) is 60.3 Å². The second-order valence-corrected chi connectivity index (χ2v) is 3.41. The van der Waals surface area contributed by atoms with E-state index >= 15 is 0 Å². The molecule has 0 aromatic carbocycles. The summed E-state index contributed by atoms with van der Waals surface area (Å²) in [6, 6.07) is 0. The third-order valence-electron chi connectivity index (χ3n) is 2.19. The van der Waals surface area contributed by atoms with Crippen LogP contribution in [0, 0.1) is 0 Å². The maximum atomic E-state index is 3.73. The average Bonchev–Trinajstić information content (AvgIpc) is 2.20. The van der Waals surface area contributed by atoms with Crippen molar-refractivity contribution in [1.82, 2.24) is 0 Å². The maximum absolute atomic E-state index is 3.73. The van der Waals surface area contributed by atoms with E-state index in [1.165, 1.54) is 24.0 Å². The Kier molecular flexibility index (Phi) is 4.77. The van der Waals surface area contributed by atoms with E-state index in [0.29, 0.717) is 0 Å². The van der Waals surface area contributed by atoms with Gasteiger partial charge in [0.05, 0.1) is 0 Å². The molecule has 0 heteroatoms. The van der Waals surface area contributed by atoms with Crippen LogP contribution >= 0.6 is 0 Å². The largest absolute Gasteiger partial charge is 0.0991 e. The lowest BCUT2D eigenvalue weighted by atomic mass is 9.99. The van der Waals surface area contributed by atoms with E-state index in [4.69, 9.17) is 0 Å². The number of hydrogen-bond donors (Lipinski definition) is 0. The molecule has 1 aliphatic rings. The first-order valence-electron chi connectivity index (χ1n) is 5.16. The van der Waals surface area contributed by atoms with Crippen molar-refractivity contribution < 1.29 is 0 Å². The maximum Gasteiger partial charge on any atom is -0.00292 e. The molecule has 0 fully saturated rings. The fraction of sp³-hybridized carbons (Fsp3) is 0.286. The van der Waals surface area contributed by atoms with Gasteiger partial charge in [-0.3, -0.25) is 0 Å². The molecule has 0 unspecified atom stereocenters. The summed E-state index contributed by atoms with van der Waals surface area (Å²) >= 11 is 0. The van der Waals surface area contributed by atoms with E-state index in [1.807, 2.05) is 13.0 Å². The quantitative estimate of drug-likeness (QED) is 0.573. The summed E-state index contributed by atoms with van der Waals surface area (Å²) in [6.45, 7) is 5.77. The molecule has 0 aromatic rings. The van der Waals surface area contributed by atoms with E-state index < -0.39 is 0 Å². The van der Waals surface area contributed by atoms with Gasteiger partial charge in [0.15, 0.2) is 0 Å². The lowest BCUT2D eigenvalue weighted by Gasteiger charge is -2.07. The Hall–Kier alpha value is -1.30. The van der Waals surface area contributed by atoms with Crippen molar-refractivity contribution in [3.8, 4) is 0 Å². The minimum atomic E-state index is 1.02. The van der Waals surface area contributed by atoms with Crippen LogP contribution in [0.2, 0.25) is 0 Å². The molecule has 0 nitrogen and oxygen atoms in total. The highest BCUT2D eigenvalue weighted by molar-refractivity contribution is 5.33. The summed E-state index contributed by atoms with van der Waals surface area (Å²) < 4.78 is 0. The van der Waals surface area contributed by atoms with Crippen molar-refractivity contribution in [2.75, 3.05) is 0 Å². The predicted octanol–water partition coefficient (Wildman–Crippen LogP) is 4.34. The summed E-state index contributed by atoms with van der Waals surface area (Å²) in [7, 11) is 0. The predicted molar refractivity (Wildman–Crippen MR) is 64.2 cm³/mol. The van der Waals surface area contributed by atoms with E-state index in [2.05, 4.69) is 43.0 Å². The van der Waals surface area contributed by atoms with Gasteiger partial charge in [0.25, 0.3) is 0 Å². The molecule has 1 rings (SSSR count). The van der Waals surface area contributed by atoms with Gasteiger partial charge in [-0.25, -0.2) is 0 Å². The second-order valence-electron chi connectivity index (χ2n) is 3.41. The van der Waals surface area contributed by atoms with Crippen molar-refractivity contribution in [2.24, 2.45) is 0 Å². The Morgan fingerprint density at radius 2 is 2.36 bits per heavy atom. The van der Waals surface area contributed by atoms with Crippen LogP contribution in [0.4, 0.5) is 0 Å². The highest BCUT2D eigenvalue weighted by Gasteiger charge is 1.98. The molecule has 0 atom stereocenters. The Balaban J connectivity index is 2.64. The molecule has 14 heavy (non-hydrogen) atoms. The molecule has 0 heterocycles. The lowest BCUT2D eigenvalue weighted by molar-refractivity contribution is 0.995. The zero-order valence-electron chi connectivity index (χ0n) is 8.87. The van der Waals surface area contributed by atoms with Gasteiger partial charge in [-0.05, 0) is 37.3 Å². The third-order valence-corrected chi connectivity index (χ3v) is 2.19. The van der Waals surface area contributed by atoms with Gasteiger partial charge in [0.2, 0.25) is 0 Å². The van der Waals surface area contributed by atoms with Crippen molar-refractivity contribution in [2.45, 2.75) is 26.2 Å². The summed E-state index contributed by atoms with van der Waals surface area (Å²) in [5.41, 5.74) is 2.74. The molecule has 74 valence electrons. The van der Waals surface area contributed by atoms with Gasteiger partial charge in [-0.1, -0.05) is 49.1 Å². The van der Waals surface area contributed by atoms with Crippen LogP contribution in [0.5, 0.6) is 0 Å². The van der Waals surface area contributed by atoms with Crippen LogP contribution in [-0.4, -0.2) is 0 Å². The summed E-state index contributed by atoms with van der Waals surface area (Å²) in [5.74, 6) is 0. The van der Waals surface area contributed by atoms with E-state index in [-0.39, 0.29) is 0 Å². The number of hydrogen-bond acceptors (Lipinski definition) is 0. The molecular formula is C14H18. The van der Waals surface area contributed by atoms with E-state index in [0.717, 1.165) is 6.42 Å². The number of allylic oxidation sites excluding steroid dienone is 9. The molecule has 1 aliphatic carbocycles. The van der Waals surface area contributed by atoms with Gasteiger partial charge >= 0.3 is 0 Å². The smallest absolute Gasteiger partial charge is 0.00292 e. The van der Waals surface area contributed by atoms with Crippen LogP contribution in [0.1, 0.15) is 26.2 Å². The molecule has 0 amide bonds. The van der Waals surface area contributed by atoms with Crippen molar-refractivity contribution in [1.29, 1.82) is 0 Å². The van der Waals surface area contributed by atoms with E-state index in [1.54, 1.807) is 0 Å². The molecule has 0 N–H and O–H groups in total. The summed E-state index contributed by atoms with van der Waals surface area (Å²) in [6.07, 6.45) is 18.3. The van der Waals surface area contributed by atoms with Crippen LogP contribution in [-0.2, 0) is 0 Å². The standard InChI is InChI=1S/C14H18/c1-3-8-13(9-4-2)12-14-10-6-5-7-11-14/h3-4,6,8-11H,1,5,7,12H2,2H3/b9-4-,13-8+. The summed E-state index contributed by atoms with van der Waals surface area (Å²) in [5, 5.41) is 0. The summed E-state index contributed by atoms with van der Waals surface area (Å²) in [4.78, 5) is 0. The second kappa shape index (κ2) is 6.20. The SMILES string of the molecule is C=C/C=C(\C=C/C)CC1=CCCC=C1. The highest BCUT2D eigenvalue weighted by atomic mass is 14.0. The van der Waals surface area contributed by atoms with E-state index in [9.17, 15) is 0 Å². The van der Waals surface area contributed by atoms with Crippen LogP contribution in [0.15, 0.2) is 60.3 Å². The average molecular weight is 186 g/mol. The van der Waals surface area contributed by atoms with Crippen molar-refractivity contribution in [3.63, 3.8) is 0 Å². The number of rotatable bonds is 4. The van der Waals surface area contributed by atoms with Gasteiger partial charge < -0.3 is 0 Å². The molecule has 0 aliphatic heterocycles. The first kappa shape index (κ1) is 10.8. The molecular weight excluding hydrogens is 168 g/mol. The Bertz CT molecular complexity index is 298. The Morgan fingerprint density at radius 1 is 1.50 bits per heavy atom. The van der Waals surface area contributed by atoms with Gasteiger partial charge in [-0.2, -0.15) is 0 Å². The molecule has 0 spiro atoms. The van der Waals surface area contributed by atoms with Crippen LogP contribution in [0.25, 0.3) is 0 Å². The van der Waals surface area contributed by atoms with Gasteiger partial charge in [0, 0.05) is 0 Å². The van der Waals surface area contributed by atoms with Crippen LogP contribution < -0.4 is 0 Å². The Labute approximate surface area is 87.0 Å². The topological polar surface area (TPSA) is 0 Å². The lowest BCUT2D eigenvalue weighted by Crippen LogP contribution is -1.87. The van der Waals surface area contributed by atoms with Crippen LogP contribution in [0.3, 0.4) is 0 Å². The molecule has 0 radical (unpaired) electrons. The zero-order valence-corrected chi connectivity index (χ0v) is 8.87. The minimum absolute atomic E-state index is 1.02. The normalized spacial score (nSPS) is 17.2. The van der Waals surface area contributed by atoms with Gasteiger partial charge in [-0.15, -0.1) is 0 Å². The minimum Gasteiger partial charge on any atom is -0.0991 e. The monoisotopic (exact) mass is 186 g/mol. The first-order chi connectivity index (χ1) is 6.86. The van der Waals surface area contributed by atoms with Gasteiger partial charge in [0.1, 0.15) is 0 Å². The van der Waals surface area contributed by atoms with Crippen molar-refractivity contribution >= 4 is 0 Å². The zero-order chi connectivity index (χ0) is 10.2. The third kappa shape index (κ3) is 3.61. The molecule has 0 bridgehead atoms. The molecule has 0 saturated carbocycles. The first-order valence-corrected chi connectivity index (χ1v) is 5.16. The molecule has 0 aromatic heterocycles. The molecule has 0 saturated heterocycles. The fourth-order valence-electron chi connectivity index (χ4n) is 1.57. The Morgan fingerprint density at radius 3 is 2.93 bits per heavy atom. The fourth-order valence-corrected chi connectivity index (χ4v) is 1.57. The highest BCUT2D eigenvalue weighted by Crippen LogP contribution is 2.18.